The highest BCUT2D eigenvalue weighted by Crippen LogP contribution is 2.23. The van der Waals surface area contributed by atoms with Crippen LogP contribution in [0.5, 0.6) is 0 Å². The average Bonchev–Trinajstić information content (AvgIpc) is 3.20. The maximum absolute atomic E-state index is 13.3. The van der Waals surface area contributed by atoms with E-state index in [2.05, 4.69) is 0 Å². The lowest BCUT2D eigenvalue weighted by molar-refractivity contribution is 0.622. The van der Waals surface area contributed by atoms with E-state index in [1.54, 1.807) is 22.8 Å². The van der Waals surface area contributed by atoms with Crippen molar-refractivity contribution in [3.63, 3.8) is 0 Å². The molecule has 7 heteroatoms. The van der Waals surface area contributed by atoms with Gasteiger partial charge in [0.2, 0.25) is 0 Å². The van der Waals surface area contributed by atoms with Crippen LogP contribution in [0.1, 0.15) is 16.8 Å². The molecule has 0 radical (unpaired) electrons. The van der Waals surface area contributed by atoms with E-state index in [9.17, 15) is 9.18 Å². The van der Waals surface area contributed by atoms with E-state index in [-0.39, 0.29) is 11.4 Å². The molecule has 5 rings (SSSR count). The molecule has 0 atom stereocenters. The minimum atomic E-state index is -0.301. The van der Waals surface area contributed by atoms with Crippen LogP contribution in [0.3, 0.4) is 0 Å². The standard InChI is InChI=1S/C24H19FN4OS/c1-16-5-4-12-28-14-19(26-22(16)28)15-31-24-27-21-7-3-2-6-20(21)23(30)29(24)13-17-8-10-18(25)11-9-17/h2-12,14H,13,15H2,1H3. The second-order valence-corrected chi connectivity index (χ2v) is 8.31. The van der Waals surface area contributed by atoms with Gasteiger partial charge in [0.25, 0.3) is 5.56 Å². The van der Waals surface area contributed by atoms with Crippen molar-refractivity contribution in [1.82, 2.24) is 18.9 Å². The molecule has 2 aromatic carbocycles. The minimum Gasteiger partial charge on any atom is -0.307 e. The summed E-state index contributed by atoms with van der Waals surface area (Å²) in [5, 5.41) is 1.18. The third-order valence-electron chi connectivity index (χ3n) is 5.16. The third kappa shape index (κ3) is 3.84. The molecule has 0 aliphatic heterocycles. The highest BCUT2D eigenvalue weighted by atomic mass is 32.2. The molecular formula is C24H19FN4OS. The van der Waals surface area contributed by atoms with Crippen molar-refractivity contribution in [2.75, 3.05) is 0 Å². The number of benzene rings is 2. The summed E-state index contributed by atoms with van der Waals surface area (Å²) < 4.78 is 17.0. The molecule has 0 unspecified atom stereocenters. The lowest BCUT2D eigenvalue weighted by atomic mass is 10.2. The van der Waals surface area contributed by atoms with Crippen molar-refractivity contribution >= 4 is 28.3 Å². The smallest absolute Gasteiger partial charge is 0.262 e. The minimum absolute atomic E-state index is 0.108. The van der Waals surface area contributed by atoms with Crippen LogP contribution in [-0.4, -0.2) is 18.9 Å². The van der Waals surface area contributed by atoms with Crippen molar-refractivity contribution in [2.45, 2.75) is 24.4 Å². The lowest BCUT2D eigenvalue weighted by Crippen LogP contribution is -2.24. The summed E-state index contributed by atoms with van der Waals surface area (Å²) in [6.45, 7) is 2.36. The number of aromatic nitrogens is 4. The fourth-order valence-electron chi connectivity index (χ4n) is 3.58. The average molecular weight is 431 g/mol. The highest BCUT2D eigenvalue weighted by Gasteiger charge is 2.13. The van der Waals surface area contributed by atoms with E-state index in [0.717, 1.165) is 22.5 Å². The van der Waals surface area contributed by atoms with Crippen molar-refractivity contribution in [3.8, 4) is 0 Å². The number of aryl methyl sites for hydroxylation is 1. The Bertz CT molecular complexity index is 1460. The summed E-state index contributed by atoms with van der Waals surface area (Å²) in [7, 11) is 0. The number of hydrogen-bond acceptors (Lipinski definition) is 4. The van der Waals surface area contributed by atoms with Crippen molar-refractivity contribution in [3.05, 3.63) is 106 Å². The van der Waals surface area contributed by atoms with Crippen LogP contribution in [-0.2, 0) is 12.3 Å². The molecule has 0 N–H and O–H groups in total. The number of thioether (sulfide) groups is 1. The largest absolute Gasteiger partial charge is 0.307 e. The summed E-state index contributed by atoms with van der Waals surface area (Å²) >= 11 is 1.47. The van der Waals surface area contributed by atoms with Crippen molar-refractivity contribution < 1.29 is 4.39 Å². The van der Waals surface area contributed by atoms with Crippen LogP contribution in [0.25, 0.3) is 16.6 Å². The number of rotatable bonds is 5. The normalized spacial score (nSPS) is 11.4. The molecule has 5 nitrogen and oxygen atoms in total. The zero-order valence-electron chi connectivity index (χ0n) is 16.8. The molecule has 5 aromatic rings. The number of nitrogens with zero attached hydrogens (tertiary/aromatic N) is 4. The van der Waals surface area contributed by atoms with Gasteiger partial charge >= 0.3 is 0 Å². The summed E-state index contributed by atoms with van der Waals surface area (Å²) in [5.74, 6) is 0.277. The van der Waals surface area contributed by atoms with Gasteiger partial charge < -0.3 is 4.40 Å². The Morgan fingerprint density at radius 1 is 1.00 bits per heavy atom. The fraction of sp³-hybridized carbons (Fsp3) is 0.125. The Balaban J connectivity index is 1.53. The Kier molecular flexibility index (Phi) is 5.03. The van der Waals surface area contributed by atoms with E-state index in [4.69, 9.17) is 9.97 Å². The first kappa shape index (κ1) is 19.5. The van der Waals surface area contributed by atoms with E-state index in [1.807, 2.05) is 54.0 Å². The molecule has 0 fully saturated rings. The Hall–Kier alpha value is -3.45. The zero-order valence-corrected chi connectivity index (χ0v) is 17.6. The molecule has 0 saturated heterocycles. The Labute approximate surface area is 182 Å². The topological polar surface area (TPSA) is 52.2 Å². The number of halogens is 1. The van der Waals surface area contributed by atoms with E-state index < -0.39 is 0 Å². The highest BCUT2D eigenvalue weighted by molar-refractivity contribution is 7.98. The molecule has 0 bridgehead atoms. The number of fused-ring (bicyclic) bond motifs is 2. The zero-order chi connectivity index (χ0) is 21.4. The van der Waals surface area contributed by atoms with E-state index >= 15 is 0 Å². The molecule has 0 spiro atoms. The van der Waals surface area contributed by atoms with Gasteiger partial charge in [-0.1, -0.05) is 42.1 Å². The van der Waals surface area contributed by atoms with Crippen LogP contribution in [0.2, 0.25) is 0 Å². The molecule has 0 amide bonds. The maximum Gasteiger partial charge on any atom is 0.262 e. The molecule has 0 aliphatic carbocycles. The number of para-hydroxylation sites is 1. The molecule has 3 aromatic heterocycles. The SMILES string of the molecule is Cc1cccn2cc(CSc3nc4ccccc4c(=O)n3Cc3ccc(F)cc3)nc12. The molecule has 154 valence electrons. The van der Waals surface area contributed by atoms with Gasteiger partial charge in [0.1, 0.15) is 11.5 Å². The lowest BCUT2D eigenvalue weighted by Gasteiger charge is -2.13. The second kappa shape index (κ2) is 8.00. The maximum atomic E-state index is 13.3. The van der Waals surface area contributed by atoms with Crippen molar-refractivity contribution in [2.24, 2.45) is 0 Å². The third-order valence-corrected chi connectivity index (χ3v) is 6.17. The van der Waals surface area contributed by atoms with Gasteiger partial charge in [-0.3, -0.25) is 9.36 Å². The number of pyridine rings is 1. The first-order chi connectivity index (χ1) is 15.1. The molecule has 0 saturated carbocycles. The molecule has 31 heavy (non-hydrogen) atoms. The summed E-state index contributed by atoms with van der Waals surface area (Å²) in [6.07, 6.45) is 3.97. The van der Waals surface area contributed by atoms with Gasteiger partial charge in [0, 0.05) is 18.1 Å². The second-order valence-electron chi connectivity index (χ2n) is 7.37. The van der Waals surface area contributed by atoms with Gasteiger partial charge in [0.05, 0.1) is 23.1 Å². The number of hydrogen-bond donors (Lipinski definition) is 0. The Morgan fingerprint density at radius 3 is 2.61 bits per heavy atom. The monoisotopic (exact) mass is 430 g/mol. The molecular weight excluding hydrogens is 411 g/mol. The predicted octanol–water partition coefficient (Wildman–Crippen LogP) is 4.83. The summed E-state index contributed by atoms with van der Waals surface area (Å²) in [5.41, 5.74) is 4.34. The summed E-state index contributed by atoms with van der Waals surface area (Å²) in [4.78, 5) is 22.7. The van der Waals surface area contributed by atoms with Gasteiger partial charge in [0.15, 0.2) is 5.16 Å². The van der Waals surface area contributed by atoms with E-state index in [1.165, 1.54) is 23.9 Å². The van der Waals surface area contributed by atoms with Gasteiger partial charge in [-0.05, 0) is 48.4 Å². The van der Waals surface area contributed by atoms with Gasteiger partial charge in [-0.25, -0.2) is 14.4 Å². The molecule has 3 heterocycles. The fourth-order valence-corrected chi connectivity index (χ4v) is 4.46. The predicted molar refractivity (Wildman–Crippen MR) is 121 cm³/mol. The quantitative estimate of drug-likeness (QED) is 0.296. The first-order valence-electron chi connectivity index (χ1n) is 9.88. The van der Waals surface area contributed by atoms with Gasteiger partial charge in [-0.15, -0.1) is 0 Å². The van der Waals surface area contributed by atoms with Crippen molar-refractivity contribution in [1.29, 1.82) is 0 Å². The van der Waals surface area contributed by atoms with Crippen LogP contribution < -0.4 is 5.56 Å². The van der Waals surface area contributed by atoms with Crippen LogP contribution in [0.4, 0.5) is 4.39 Å². The van der Waals surface area contributed by atoms with Crippen LogP contribution in [0, 0.1) is 12.7 Å². The van der Waals surface area contributed by atoms with Gasteiger partial charge in [-0.2, -0.15) is 0 Å². The number of imidazole rings is 1. The summed E-state index contributed by atoms with van der Waals surface area (Å²) in [6, 6.07) is 17.5. The van der Waals surface area contributed by atoms with Crippen LogP contribution >= 0.6 is 11.8 Å². The first-order valence-corrected chi connectivity index (χ1v) is 10.9. The van der Waals surface area contributed by atoms with E-state index in [0.29, 0.717) is 28.4 Å². The van der Waals surface area contributed by atoms with Crippen LogP contribution in [0.15, 0.2) is 83.0 Å². The Morgan fingerprint density at radius 2 is 1.81 bits per heavy atom. The molecule has 0 aliphatic rings.